The lowest BCUT2D eigenvalue weighted by molar-refractivity contribution is 0.590. The molecule has 17 aromatic rings. The Morgan fingerprint density at radius 1 is 0.147 bits per heavy atom. The topological polar surface area (TPSA) is 19.4 Å². The highest BCUT2D eigenvalue weighted by Gasteiger charge is 2.30. The second kappa shape index (κ2) is 33.1. The minimum atomic E-state index is -0.0289. The van der Waals surface area contributed by atoms with Crippen molar-refractivity contribution in [1.29, 1.82) is 0 Å². The third-order valence-corrected chi connectivity index (χ3v) is 21.6. The molecule has 0 bridgehead atoms. The van der Waals surface area contributed by atoms with Crippen LogP contribution in [0.5, 0.6) is 0 Å². The van der Waals surface area contributed by atoms with Gasteiger partial charge in [-0.3, -0.25) is 0 Å². The van der Waals surface area contributed by atoms with Crippen LogP contribution in [-0.4, -0.2) is 0 Å². The van der Waals surface area contributed by atoms with Crippen molar-refractivity contribution in [2.24, 2.45) is 0 Å². The molecule has 0 unspecified atom stereocenters. The molecule has 116 heavy (non-hydrogen) atoms. The normalized spacial score (nSPS) is 11.4. The van der Waals surface area contributed by atoms with Crippen molar-refractivity contribution in [1.82, 2.24) is 0 Å². The molecular weight excluding hydrogens is 1410 g/mol. The summed E-state index contributed by atoms with van der Waals surface area (Å²) in [6, 6.07) is 164. The highest BCUT2D eigenvalue weighted by atomic mass is 15.2. The van der Waals surface area contributed by atoms with Gasteiger partial charge in [0, 0.05) is 73.4 Å². The fraction of sp³-hybridized carbons (Fsp3) is 0.0727. The van der Waals surface area contributed by atoms with Crippen LogP contribution in [0.15, 0.2) is 449 Å². The summed E-state index contributed by atoms with van der Waals surface area (Å²) >= 11 is 0. The van der Waals surface area contributed by atoms with E-state index in [9.17, 15) is 0 Å². The van der Waals surface area contributed by atoms with E-state index >= 15 is 0 Å². The van der Waals surface area contributed by atoms with Gasteiger partial charge in [0.1, 0.15) is 0 Å². The van der Waals surface area contributed by atoms with Crippen LogP contribution in [0, 0.1) is 0 Å². The van der Waals surface area contributed by atoms with Crippen LogP contribution in [-0.2, 0) is 10.8 Å². The third-order valence-electron chi connectivity index (χ3n) is 21.6. The van der Waals surface area contributed by atoms with E-state index in [4.69, 9.17) is 0 Å². The van der Waals surface area contributed by atoms with Gasteiger partial charge in [0.2, 0.25) is 0 Å². The molecule has 17 rings (SSSR count). The Kier molecular flexibility index (Phi) is 21.2. The maximum absolute atomic E-state index is 2.53. The van der Waals surface area contributed by atoms with E-state index in [2.05, 4.69) is 520 Å². The van der Waals surface area contributed by atoms with Gasteiger partial charge >= 0.3 is 0 Å². The van der Waals surface area contributed by atoms with Gasteiger partial charge in [-0.25, -0.2) is 0 Å². The van der Waals surface area contributed by atoms with Gasteiger partial charge in [-0.1, -0.05) is 339 Å². The number of benzene rings is 17. The molecular formula is C110H92N6. The van der Waals surface area contributed by atoms with Gasteiger partial charge in [-0.2, -0.15) is 0 Å². The smallest absolute Gasteiger partial charge is 0.0618 e. The highest BCUT2D eigenvalue weighted by molar-refractivity contribution is 6.01. The predicted octanol–water partition coefficient (Wildman–Crippen LogP) is 31.8. The number of rotatable bonds is 22. The first kappa shape index (κ1) is 74.3. The number of nitrogens with zero attached hydrogens (tertiary/aromatic N) is 6. The molecule has 0 fully saturated rings. The Hall–Kier alpha value is -14.5. The summed E-state index contributed by atoms with van der Waals surface area (Å²) in [5.41, 5.74) is 28.9. The van der Waals surface area contributed by atoms with Gasteiger partial charge in [-0.05, 0) is 196 Å². The molecule has 0 saturated heterocycles. The van der Waals surface area contributed by atoms with Crippen LogP contribution in [0.3, 0.4) is 0 Å². The van der Waals surface area contributed by atoms with E-state index in [-0.39, 0.29) is 10.8 Å². The highest BCUT2D eigenvalue weighted by Crippen LogP contribution is 2.54. The van der Waals surface area contributed by atoms with E-state index in [1.807, 2.05) is 0 Å². The Morgan fingerprint density at radius 2 is 0.345 bits per heavy atom. The molecule has 6 heteroatoms. The summed E-state index contributed by atoms with van der Waals surface area (Å²) < 4.78 is 0. The SMILES string of the molecule is CC(C)(C)c1ccc(-c2ccccc2N(c2ccccc2)c2cc(N(c3ccccc3)c3cccc(N(c4cc(N(c5ccccc5)c5ccccc5)cc(N(c5ccccc5)c5ccccc5)c4)c4c(-c5ccccc5)cccc4-c4ccccc4)c3)cc(N(c3ccccc3)c3ccccc3-c3ccc(C(C)(C)C)cc3)c2)cc1. The molecule has 0 aromatic heterocycles. The van der Waals surface area contributed by atoms with Gasteiger partial charge in [0.05, 0.1) is 51.2 Å². The van der Waals surface area contributed by atoms with Crippen LogP contribution in [0.2, 0.25) is 0 Å². The molecule has 0 heterocycles. The number of hydrogen-bond donors (Lipinski definition) is 0. The zero-order chi connectivity index (χ0) is 79.0. The zero-order valence-electron chi connectivity index (χ0n) is 66.4. The first-order chi connectivity index (χ1) is 56.8. The van der Waals surface area contributed by atoms with Crippen molar-refractivity contribution in [3.63, 3.8) is 0 Å². The van der Waals surface area contributed by atoms with Gasteiger partial charge in [0.15, 0.2) is 0 Å². The standard InChI is InChI=1S/C110H92N6/c1-109(2,3)85-70-66-83(67-71-85)102-60-34-36-64-106(102)114(92-54-30-14-31-55-92)99-76-98(77-100(80-99)115(93-56-32-15-33-57-93)107-65-37-35-61-103(107)84-68-72-86(73-69-84)110(4,5)6)113(91-52-28-13-29-53-91)94-58-38-59-95(74-94)116(108-104(81-40-16-7-17-41-81)62-39-63-105(108)82-42-18-8-19-43-82)101-78-96(111(87-44-20-9-21-45-87)88-46-22-10-23-47-88)75-97(79-101)112(89-48-24-11-25-49-89)90-50-26-12-27-51-90/h7-80H,1-6H3. The molecule has 0 atom stereocenters. The molecule has 6 nitrogen and oxygen atoms in total. The minimum absolute atomic E-state index is 0.0289. The Balaban J connectivity index is 0.965. The van der Waals surface area contributed by atoms with Crippen LogP contribution < -0.4 is 29.4 Å². The Morgan fingerprint density at radius 3 is 0.647 bits per heavy atom. The van der Waals surface area contributed by atoms with E-state index in [1.54, 1.807) is 0 Å². The van der Waals surface area contributed by atoms with Crippen LogP contribution in [0.1, 0.15) is 52.7 Å². The monoisotopic (exact) mass is 1500 g/mol. The zero-order valence-corrected chi connectivity index (χ0v) is 66.4. The molecule has 0 aliphatic rings. The van der Waals surface area contributed by atoms with E-state index in [0.29, 0.717) is 0 Å². The number of hydrogen-bond acceptors (Lipinski definition) is 6. The number of para-hydroxylation sites is 10. The summed E-state index contributed by atoms with van der Waals surface area (Å²) in [6.07, 6.45) is 0. The molecule has 0 aliphatic carbocycles. The van der Waals surface area contributed by atoms with Gasteiger partial charge in [0.25, 0.3) is 0 Å². The Labute approximate surface area is 684 Å². The van der Waals surface area contributed by atoms with E-state index in [1.165, 1.54) is 11.1 Å². The molecule has 0 N–H and O–H groups in total. The minimum Gasteiger partial charge on any atom is -0.310 e. The average Bonchev–Trinajstić information content (AvgIpc) is 0.745. The fourth-order valence-corrected chi connectivity index (χ4v) is 16.0. The predicted molar refractivity (Wildman–Crippen MR) is 494 cm³/mol. The first-order valence-corrected chi connectivity index (χ1v) is 40.0. The molecule has 0 radical (unpaired) electrons. The van der Waals surface area contributed by atoms with E-state index in [0.717, 1.165) is 147 Å². The molecule has 562 valence electrons. The summed E-state index contributed by atoms with van der Waals surface area (Å²) in [4.78, 5) is 14.7. The molecule has 17 aromatic carbocycles. The largest absolute Gasteiger partial charge is 0.310 e. The lowest BCUT2D eigenvalue weighted by atomic mass is 9.86. The second-order valence-corrected chi connectivity index (χ2v) is 31.4. The van der Waals surface area contributed by atoms with Crippen molar-refractivity contribution < 1.29 is 0 Å². The molecule has 0 amide bonds. The molecule has 0 spiro atoms. The lowest BCUT2D eigenvalue weighted by Crippen LogP contribution is -2.18. The quantitative estimate of drug-likeness (QED) is 0.0669. The van der Waals surface area contributed by atoms with Crippen molar-refractivity contribution in [3.05, 3.63) is 460 Å². The molecule has 0 aliphatic heterocycles. The van der Waals surface area contributed by atoms with Crippen molar-refractivity contribution in [3.8, 4) is 44.5 Å². The van der Waals surface area contributed by atoms with Crippen LogP contribution in [0.4, 0.5) is 102 Å². The lowest BCUT2D eigenvalue weighted by Gasteiger charge is -2.35. The third kappa shape index (κ3) is 15.8. The first-order valence-electron chi connectivity index (χ1n) is 40.0. The second-order valence-electron chi connectivity index (χ2n) is 31.4. The van der Waals surface area contributed by atoms with Crippen molar-refractivity contribution in [2.45, 2.75) is 52.4 Å². The summed E-state index contributed by atoms with van der Waals surface area (Å²) in [5.74, 6) is 0. The van der Waals surface area contributed by atoms with Crippen LogP contribution >= 0.6 is 0 Å². The summed E-state index contributed by atoms with van der Waals surface area (Å²) in [5, 5.41) is 0. The Bertz CT molecular complexity index is 5740. The summed E-state index contributed by atoms with van der Waals surface area (Å²) in [6.45, 7) is 13.7. The van der Waals surface area contributed by atoms with E-state index < -0.39 is 0 Å². The van der Waals surface area contributed by atoms with Crippen molar-refractivity contribution >= 4 is 102 Å². The summed E-state index contributed by atoms with van der Waals surface area (Å²) in [7, 11) is 0. The van der Waals surface area contributed by atoms with Gasteiger partial charge < -0.3 is 29.4 Å². The molecule has 0 saturated carbocycles. The van der Waals surface area contributed by atoms with Crippen molar-refractivity contribution in [2.75, 3.05) is 29.4 Å². The van der Waals surface area contributed by atoms with Gasteiger partial charge in [-0.15, -0.1) is 0 Å². The maximum Gasteiger partial charge on any atom is 0.0618 e. The average molecular weight is 1500 g/mol. The fourth-order valence-electron chi connectivity index (χ4n) is 16.0. The maximum atomic E-state index is 2.53. The number of anilines is 18. The van der Waals surface area contributed by atoms with Crippen LogP contribution in [0.25, 0.3) is 44.5 Å².